The van der Waals surface area contributed by atoms with E-state index in [2.05, 4.69) is 5.32 Å². The van der Waals surface area contributed by atoms with Crippen LogP contribution in [-0.4, -0.2) is 25.7 Å². The van der Waals surface area contributed by atoms with Gasteiger partial charge in [0.2, 0.25) is 5.91 Å². The Morgan fingerprint density at radius 2 is 1.89 bits per heavy atom. The summed E-state index contributed by atoms with van der Waals surface area (Å²) in [6, 6.07) is 14.9. The number of carbonyl (C=O) groups excluding carboxylic acids is 1. The molecular weight excluding hydrogens is 387 g/mol. The van der Waals surface area contributed by atoms with Crippen molar-refractivity contribution in [3.05, 3.63) is 59.1 Å². The molecule has 1 aliphatic heterocycles. The van der Waals surface area contributed by atoms with Gasteiger partial charge in [-0.05, 0) is 42.7 Å². The second kappa shape index (κ2) is 9.95. The third-order valence-electron chi connectivity index (χ3n) is 4.73. The molecule has 3 N–H and O–H groups in total. The van der Waals surface area contributed by atoms with Crippen LogP contribution in [0.15, 0.2) is 48.5 Å². The van der Waals surface area contributed by atoms with Crippen molar-refractivity contribution in [2.75, 3.05) is 25.1 Å². The van der Waals surface area contributed by atoms with Crippen molar-refractivity contribution < 1.29 is 14.3 Å². The van der Waals surface area contributed by atoms with Gasteiger partial charge in [0.15, 0.2) is 0 Å². The van der Waals surface area contributed by atoms with Gasteiger partial charge in [-0.3, -0.25) is 4.79 Å². The van der Waals surface area contributed by atoms with Crippen molar-refractivity contribution in [3.8, 4) is 5.75 Å². The minimum absolute atomic E-state index is 0. The molecule has 3 rings (SSSR count). The minimum Gasteiger partial charge on any atom is -0.489 e. The Kier molecular flexibility index (Phi) is 7.92. The van der Waals surface area contributed by atoms with Crippen LogP contribution in [0, 0.1) is 5.41 Å². The highest BCUT2D eigenvalue weighted by Crippen LogP contribution is 2.31. The standard InChI is InChI=1S/C20H23ClN2O3.ClH/c21-16-6-4-15(5-7-16)13-26-18-3-1-2-17(12-18)23-19(24)20(14-22)8-10-25-11-9-20;/h1-7,12H,8-11,13-14,22H2,(H,23,24);1H. The molecule has 146 valence electrons. The lowest BCUT2D eigenvalue weighted by atomic mass is 9.79. The van der Waals surface area contributed by atoms with E-state index in [1.165, 1.54) is 0 Å². The van der Waals surface area contributed by atoms with Crippen molar-refractivity contribution in [3.63, 3.8) is 0 Å². The van der Waals surface area contributed by atoms with Gasteiger partial charge in [0.1, 0.15) is 12.4 Å². The highest BCUT2D eigenvalue weighted by molar-refractivity contribution is 6.30. The smallest absolute Gasteiger partial charge is 0.232 e. The second-order valence-corrected chi connectivity index (χ2v) is 6.93. The lowest BCUT2D eigenvalue weighted by molar-refractivity contribution is -0.130. The average molecular weight is 411 g/mol. The predicted octanol–water partition coefficient (Wildman–Crippen LogP) is 4.03. The summed E-state index contributed by atoms with van der Waals surface area (Å²) in [5, 5.41) is 3.67. The van der Waals surface area contributed by atoms with E-state index in [9.17, 15) is 4.79 Å². The molecule has 5 nitrogen and oxygen atoms in total. The molecule has 2 aromatic rings. The molecule has 0 unspecified atom stereocenters. The van der Waals surface area contributed by atoms with E-state index in [0.29, 0.717) is 55.7 Å². The Morgan fingerprint density at radius 3 is 2.56 bits per heavy atom. The number of anilines is 1. The van der Waals surface area contributed by atoms with Crippen molar-refractivity contribution in [1.82, 2.24) is 0 Å². The van der Waals surface area contributed by atoms with E-state index >= 15 is 0 Å². The van der Waals surface area contributed by atoms with Crippen LogP contribution in [0.3, 0.4) is 0 Å². The molecule has 0 atom stereocenters. The Hall–Kier alpha value is -1.79. The summed E-state index contributed by atoms with van der Waals surface area (Å²) >= 11 is 5.89. The Morgan fingerprint density at radius 1 is 1.19 bits per heavy atom. The monoisotopic (exact) mass is 410 g/mol. The van der Waals surface area contributed by atoms with E-state index in [4.69, 9.17) is 26.8 Å². The van der Waals surface area contributed by atoms with Gasteiger partial charge in [-0.2, -0.15) is 0 Å². The first-order valence-corrected chi connectivity index (χ1v) is 9.06. The number of ether oxygens (including phenoxy) is 2. The summed E-state index contributed by atoms with van der Waals surface area (Å²) in [5.74, 6) is 0.629. The van der Waals surface area contributed by atoms with Crippen LogP contribution in [-0.2, 0) is 16.1 Å². The fourth-order valence-corrected chi connectivity index (χ4v) is 3.09. The van der Waals surface area contributed by atoms with E-state index in [0.717, 1.165) is 5.56 Å². The molecule has 7 heteroatoms. The van der Waals surface area contributed by atoms with Gasteiger partial charge in [-0.25, -0.2) is 0 Å². The molecule has 27 heavy (non-hydrogen) atoms. The molecule has 0 radical (unpaired) electrons. The van der Waals surface area contributed by atoms with Gasteiger partial charge in [-0.1, -0.05) is 29.8 Å². The maximum absolute atomic E-state index is 12.7. The lowest BCUT2D eigenvalue weighted by Gasteiger charge is -2.34. The van der Waals surface area contributed by atoms with Crippen LogP contribution in [0.4, 0.5) is 5.69 Å². The highest BCUT2D eigenvalue weighted by atomic mass is 35.5. The van der Waals surface area contributed by atoms with E-state index in [1.807, 2.05) is 48.5 Å². The number of nitrogens with two attached hydrogens (primary N) is 1. The van der Waals surface area contributed by atoms with E-state index in [-0.39, 0.29) is 18.3 Å². The quantitative estimate of drug-likeness (QED) is 0.753. The van der Waals surface area contributed by atoms with Crippen molar-refractivity contribution in [2.24, 2.45) is 11.1 Å². The third-order valence-corrected chi connectivity index (χ3v) is 4.98. The molecular formula is C20H24Cl2N2O3. The number of hydrogen-bond acceptors (Lipinski definition) is 4. The van der Waals surface area contributed by atoms with Crippen LogP contribution < -0.4 is 15.8 Å². The summed E-state index contributed by atoms with van der Waals surface area (Å²) < 4.78 is 11.2. The molecule has 0 saturated carbocycles. The van der Waals surface area contributed by atoms with E-state index in [1.54, 1.807) is 0 Å². The van der Waals surface area contributed by atoms with Crippen molar-refractivity contribution >= 4 is 35.6 Å². The molecule has 1 amide bonds. The van der Waals surface area contributed by atoms with Gasteiger partial charge in [0.05, 0.1) is 5.41 Å². The zero-order chi connectivity index (χ0) is 18.4. The molecule has 0 aliphatic carbocycles. The molecule has 1 saturated heterocycles. The molecule has 0 spiro atoms. The molecule has 1 heterocycles. The van der Waals surface area contributed by atoms with Gasteiger partial charge >= 0.3 is 0 Å². The van der Waals surface area contributed by atoms with Crippen LogP contribution in [0.2, 0.25) is 5.02 Å². The number of hydrogen-bond donors (Lipinski definition) is 2. The molecule has 1 aliphatic rings. The number of carbonyl (C=O) groups is 1. The van der Waals surface area contributed by atoms with Crippen molar-refractivity contribution in [1.29, 1.82) is 0 Å². The molecule has 0 aromatic heterocycles. The number of nitrogens with one attached hydrogen (secondary N) is 1. The number of amides is 1. The van der Waals surface area contributed by atoms with Gasteiger partial charge in [-0.15, -0.1) is 12.4 Å². The first-order valence-electron chi connectivity index (χ1n) is 8.68. The fraction of sp³-hybridized carbons (Fsp3) is 0.350. The number of halogens is 2. The molecule has 0 bridgehead atoms. The van der Waals surface area contributed by atoms with E-state index < -0.39 is 5.41 Å². The number of rotatable bonds is 6. The number of benzene rings is 2. The summed E-state index contributed by atoms with van der Waals surface area (Å²) in [6.45, 7) is 1.87. The first-order chi connectivity index (χ1) is 12.6. The zero-order valence-corrected chi connectivity index (χ0v) is 16.5. The highest BCUT2D eigenvalue weighted by Gasteiger charge is 2.38. The van der Waals surface area contributed by atoms with Crippen LogP contribution in [0.5, 0.6) is 5.75 Å². The van der Waals surface area contributed by atoms with Gasteiger partial charge in [0, 0.05) is 36.5 Å². The van der Waals surface area contributed by atoms with Gasteiger partial charge < -0.3 is 20.5 Å². The lowest BCUT2D eigenvalue weighted by Crippen LogP contribution is -2.46. The molecule has 2 aromatic carbocycles. The summed E-state index contributed by atoms with van der Waals surface area (Å²) in [6.07, 6.45) is 1.28. The Balaban J connectivity index is 0.00000261. The van der Waals surface area contributed by atoms with Gasteiger partial charge in [0.25, 0.3) is 0 Å². The predicted molar refractivity (Wildman–Crippen MR) is 110 cm³/mol. The average Bonchev–Trinajstić information content (AvgIpc) is 2.68. The SMILES string of the molecule is Cl.NCC1(C(=O)Nc2cccc(OCc3ccc(Cl)cc3)c2)CCOCC1. The van der Waals surface area contributed by atoms with Crippen LogP contribution in [0.25, 0.3) is 0 Å². The van der Waals surface area contributed by atoms with Crippen LogP contribution >= 0.6 is 24.0 Å². The second-order valence-electron chi connectivity index (χ2n) is 6.49. The fourth-order valence-electron chi connectivity index (χ4n) is 2.96. The third kappa shape index (κ3) is 5.59. The summed E-state index contributed by atoms with van der Waals surface area (Å²) in [7, 11) is 0. The largest absolute Gasteiger partial charge is 0.489 e. The van der Waals surface area contributed by atoms with Crippen LogP contribution in [0.1, 0.15) is 18.4 Å². The normalized spacial score (nSPS) is 15.5. The molecule has 1 fully saturated rings. The zero-order valence-electron chi connectivity index (χ0n) is 14.9. The Bertz CT molecular complexity index is 747. The summed E-state index contributed by atoms with van der Waals surface area (Å²) in [5.41, 5.74) is 7.06. The topological polar surface area (TPSA) is 73.6 Å². The Labute approximate surface area is 170 Å². The first kappa shape index (κ1) is 21.5. The summed E-state index contributed by atoms with van der Waals surface area (Å²) in [4.78, 5) is 12.7. The maximum atomic E-state index is 12.7. The minimum atomic E-state index is -0.557. The maximum Gasteiger partial charge on any atom is 0.232 e. The van der Waals surface area contributed by atoms with Crippen molar-refractivity contribution in [2.45, 2.75) is 19.4 Å².